The van der Waals surface area contributed by atoms with Crippen LogP contribution in [-0.4, -0.2) is 66.7 Å². The number of ether oxygens (including phenoxy) is 2. The summed E-state index contributed by atoms with van der Waals surface area (Å²) in [6.45, 7) is 7.22. The number of carbonyl (C=O) groups is 1. The zero-order valence-corrected chi connectivity index (χ0v) is 20.0. The Morgan fingerprint density at radius 1 is 1.24 bits per heavy atom. The Bertz CT molecular complexity index is 1130. The van der Waals surface area contributed by atoms with Gasteiger partial charge >= 0.3 is 0 Å². The molecule has 9 nitrogen and oxygen atoms in total. The molecular formula is C24H28N4O5S. The highest BCUT2D eigenvalue weighted by Crippen LogP contribution is 2.32. The zero-order valence-electron chi connectivity index (χ0n) is 19.1. The summed E-state index contributed by atoms with van der Waals surface area (Å²) in [6, 6.07) is 11.9. The largest absolute Gasteiger partial charge is 0.494 e. The fraction of sp³-hybridized carbons (Fsp3) is 0.417. The molecule has 1 aliphatic heterocycles. The lowest BCUT2D eigenvalue weighted by molar-refractivity contribution is -0.384. The van der Waals surface area contributed by atoms with Gasteiger partial charge in [-0.05, 0) is 37.1 Å². The van der Waals surface area contributed by atoms with Gasteiger partial charge in [0.1, 0.15) is 5.75 Å². The third-order valence-electron chi connectivity index (χ3n) is 5.65. The van der Waals surface area contributed by atoms with E-state index in [4.69, 9.17) is 14.5 Å². The molecule has 0 saturated carbocycles. The van der Waals surface area contributed by atoms with E-state index in [-0.39, 0.29) is 18.0 Å². The normalized spacial score (nSPS) is 14.3. The van der Waals surface area contributed by atoms with E-state index in [1.165, 1.54) is 23.5 Å². The number of morpholine rings is 1. The number of aromatic nitrogens is 1. The number of rotatable bonds is 10. The minimum atomic E-state index is -0.443. The number of nitrogens with zero attached hydrogens (tertiary/aromatic N) is 4. The number of benzene rings is 2. The smallest absolute Gasteiger partial charge is 0.269 e. The molecule has 0 atom stereocenters. The van der Waals surface area contributed by atoms with Gasteiger partial charge in [-0.3, -0.25) is 24.7 Å². The number of amides is 1. The molecule has 0 unspecified atom stereocenters. The Kier molecular flexibility index (Phi) is 8.04. The van der Waals surface area contributed by atoms with Crippen LogP contribution in [-0.2, 0) is 16.0 Å². The van der Waals surface area contributed by atoms with Gasteiger partial charge in [-0.15, -0.1) is 0 Å². The van der Waals surface area contributed by atoms with E-state index in [9.17, 15) is 14.9 Å². The fourth-order valence-electron chi connectivity index (χ4n) is 3.87. The summed E-state index contributed by atoms with van der Waals surface area (Å²) in [5.41, 5.74) is 1.56. The van der Waals surface area contributed by atoms with Crippen molar-refractivity contribution < 1.29 is 19.2 Å². The van der Waals surface area contributed by atoms with E-state index < -0.39 is 4.92 Å². The molecule has 0 bridgehead atoms. The van der Waals surface area contributed by atoms with E-state index in [2.05, 4.69) is 4.90 Å². The molecule has 180 valence electrons. The highest BCUT2D eigenvalue weighted by Gasteiger charge is 2.21. The molecule has 2 heterocycles. The maximum atomic E-state index is 13.4. The van der Waals surface area contributed by atoms with Gasteiger partial charge in [0.2, 0.25) is 5.91 Å². The van der Waals surface area contributed by atoms with E-state index in [0.717, 1.165) is 60.8 Å². The van der Waals surface area contributed by atoms with Gasteiger partial charge in [0.25, 0.3) is 5.69 Å². The fourth-order valence-corrected chi connectivity index (χ4v) is 4.91. The zero-order chi connectivity index (χ0) is 23.9. The SMILES string of the molecule is CCOc1ccc2nc(N(CCCN3CCOCC3)C(=O)Cc3ccc([N+](=O)[O-])cc3)sc2c1. The lowest BCUT2D eigenvalue weighted by atomic mass is 10.1. The van der Waals surface area contributed by atoms with E-state index in [0.29, 0.717) is 18.3 Å². The summed E-state index contributed by atoms with van der Waals surface area (Å²) in [5, 5.41) is 11.6. The van der Waals surface area contributed by atoms with Crippen LogP contribution < -0.4 is 9.64 Å². The van der Waals surface area contributed by atoms with Gasteiger partial charge in [0.15, 0.2) is 5.13 Å². The van der Waals surface area contributed by atoms with Crippen molar-refractivity contribution in [3.8, 4) is 5.75 Å². The summed E-state index contributed by atoms with van der Waals surface area (Å²) in [6.07, 6.45) is 0.960. The molecule has 2 aromatic carbocycles. The molecule has 1 amide bonds. The van der Waals surface area contributed by atoms with Crippen molar-refractivity contribution in [2.45, 2.75) is 19.8 Å². The number of carbonyl (C=O) groups excluding carboxylic acids is 1. The van der Waals surface area contributed by atoms with E-state index >= 15 is 0 Å². The van der Waals surface area contributed by atoms with Gasteiger partial charge in [0, 0.05) is 38.3 Å². The summed E-state index contributed by atoms with van der Waals surface area (Å²) in [7, 11) is 0. The first-order valence-corrected chi connectivity index (χ1v) is 12.2. The molecule has 0 aliphatic carbocycles. The molecule has 0 spiro atoms. The van der Waals surface area contributed by atoms with Crippen LogP contribution >= 0.6 is 11.3 Å². The first kappa shape index (κ1) is 24.1. The monoisotopic (exact) mass is 484 g/mol. The minimum Gasteiger partial charge on any atom is -0.494 e. The molecule has 1 aliphatic rings. The number of non-ortho nitro benzene ring substituents is 1. The molecule has 34 heavy (non-hydrogen) atoms. The minimum absolute atomic E-state index is 0.00911. The van der Waals surface area contributed by atoms with Gasteiger partial charge in [-0.1, -0.05) is 23.5 Å². The number of hydrogen-bond acceptors (Lipinski definition) is 8. The molecule has 3 aromatic rings. The molecule has 1 fully saturated rings. The Balaban J connectivity index is 1.52. The Morgan fingerprint density at radius 2 is 2.00 bits per heavy atom. The van der Waals surface area contributed by atoms with Crippen LogP contribution in [0, 0.1) is 10.1 Å². The standard InChI is InChI=1S/C24H28N4O5S/c1-2-33-20-8-9-21-22(17-20)34-24(25-21)27(11-3-10-26-12-14-32-15-13-26)23(29)16-18-4-6-19(7-5-18)28(30)31/h4-9,17H,2-3,10-16H2,1H3. The molecule has 0 N–H and O–H groups in total. The van der Waals surface area contributed by atoms with Crippen molar-refractivity contribution in [3.63, 3.8) is 0 Å². The first-order valence-electron chi connectivity index (χ1n) is 11.4. The highest BCUT2D eigenvalue weighted by molar-refractivity contribution is 7.22. The Hall–Kier alpha value is -3.08. The van der Waals surface area contributed by atoms with Crippen LogP contribution in [0.15, 0.2) is 42.5 Å². The van der Waals surface area contributed by atoms with Crippen LogP contribution in [0.3, 0.4) is 0 Å². The quantitative estimate of drug-likeness (QED) is 0.318. The van der Waals surface area contributed by atoms with E-state index in [1.807, 2.05) is 25.1 Å². The molecule has 0 radical (unpaired) electrons. The second-order valence-electron chi connectivity index (χ2n) is 8.01. The molecular weight excluding hydrogens is 456 g/mol. The van der Waals surface area contributed by atoms with E-state index in [1.54, 1.807) is 17.0 Å². The lowest BCUT2D eigenvalue weighted by Crippen LogP contribution is -2.39. The second kappa shape index (κ2) is 11.4. The summed E-state index contributed by atoms with van der Waals surface area (Å²) in [5.74, 6) is 0.696. The Morgan fingerprint density at radius 3 is 2.71 bits per heavy atom. The van der Waals surface area contributed by atoms with Crippen LogP contribution in [0.4, 0.5) is 10.8 Å². The number of nitro groups is 1. The predicted octanol–water partition coefficient (Wildman–Crippen LogP) is 3.90. The third kappa shape index (κ3) is 6.07. The number of fused-ring (bicyclic) bond motifs is 1. The van der Waals surface area contributed by atoms with Crippen LogP contribution in [0.5, 0.6) is 5.75 Å². The van der Waals surface area contributed by atoms with Gasteiger partial charge in [0.05, 0.1) is 41.4 Å². The maximum Gasteiger partial charge on any atom is 0.269 e. The first-order chi connectivity index (χ1) is 16.5. The number of nitro benzene ring substituents is 1. The van der Waals surface area contributed by atoms with Gasteiger partial charge in [-0.25, -0.2) is 4.98 Å². The molecule has 1 saturated heterocycles. The third-order valence-corrected chi connectivity index (χ3v) is 6.70. The summed E-state index contributed by atoms with van der Waals surface area (Å²) < 4.78 is 12.0. The molecule has 1 aromatic heterocycles. The second-order valence-corrected chi connectivity index (χ2v) is 9.02. The summed E-state index contributed by atoms with van der Waals surface area (Å²) >= 11 is 1.47. The van der Waals surface area contributed by atoms with Gasteiger partial charge in [-0.2, -0.15) is 0 Å². The maximum absolute atomic E-state index is 13.4. The average molecular weight is 485 g/mol. The van der Waals surface area contributed by atoms with Crippen molar-refractivity contribution >= 4 is 38.3 Å². The Labute approximate surface area is 202 Å². The topological polar surface area (TPSA) is 98.0 Å². The van der Waals surface area contributed by atoms with Crippen LogP contribution in [0.25, 0.3) is 10.2 Å². The van der Waals surface area contributed by atoms with Crippen molar-refractivity contribution in [2.24, 2.45) is 0 Å². The van der Waals surface area contributed by atoms with Crippen LogP contribution in [0.1, 0.15) is 18.9 Å². The highest BCUT2D eigenvalue weighted by atomic mass is 32.1. The summed E-state index contributed by atoms with van der Waals surface area (Å²) in [4.78, 5) is 32.7. The number of anilines is 1. The van der Waals surface area contributed by atoms with Crippen molar-refractivity contribution in [3.05, 3.63) is 58.1 Å². The lowest BCUT2D eigenvalue weighted by Gasteiger charge is -2.27. The molecule has 10 heteroatoms. The van der Waals surface area contributed by atoms with Gasteiger partial charge < -0.3 is 9.47 Å². The number of thiazole rings is 1. The molecule has 4 rings (SSSR count). The average Bonchev–Trinajstić information content (AvgIpc) is 3.26. The predicted molar refractivity (Wildman–Crippen MR) is 132 cm³/mol. The van der Waals surface area contributed by atoms with Crippen molar-refractivity contribution in [1.82, 2.24) is 9.88 Å². The van der Waals surface area contributed by atoms with Crippen molar-refractivity contribution in [1.29, 1.82) is 0 Å². The number of hydrogen-bond donors (Lipinski definition) is 0. The van der Waals surface area contributed by atoms with Crippen molar-refractivity contribution in [2.75, 3.05) is 50.9 Å². The van der Waals surface area contributed by atoms with Crippen LogP contribution in [0.2, 0.25) is 0 Å².